The van der Waals surface area contributed by atoms with Crippen molar-refractivity contribution in [3.63, 3.8) is 0 Å². The number of aliphatic imine (C=N–C) groups is 1. The van der Waals surface area contributed by atoms with E-state index in [1.807, 2.05) is 30.3 Å². The van der Waals surface area contributed by atoms with Gasteiger partial charge in [-0.15, -0.1) is 0 Å². The standard InChI is InChI=1S/C20H32BN5O4/c22-19(23)24-13-7-10-16(21(29)30)26-18(28)20(11-5-2-6-12-20)17(27)25-14-15-8-3-1-4-9-15/h1,3-4,8-9,16,29-30H,2,5-7,10-14H2,(H,25,27)(H,26,28)(H4,22,23,24). The first-order valence-corrected chi connectivity index (χ1v) is 10.4. The molecule has 1 fully saturated rings. The molecule has 1 unspecified atom stereocenters. The van der Waals surface area contributed by atoms with E-state index in [-0.39, 0.29) is 18.3 Å². The van der Waals surface area contributed by atoms with Gasteiger partial charge in [0.1, 0.15) is 5.41 Å². The molecule has 0 spiro atoms. The van der Waals surface area contributed by atoms with Crippen LogP contribution in [-0.4, -0.2) is 47.4 Å². The molecule has 1 saturated carbocycles. The third-order valence-corrected chi connectivity index (χ3v) is 5.52. The van der Waals surface area contributed by atoms with Crippen LogP contribution < -0.4 is 22.1 Å². The topological polar surface area (TPSA) is 163 Å². The number of guanidine groups is 1. The first kappa shape index (κ1) is 23.7. The molecule has 8 N–H and O–H groups in total. The molecular formula is C20H32BN5O4. The Labute approximate surface area is 177 Å². The van der Waals surface area contributed by atoms with E-state index in [1.165, 1.54) is 0 Å². The molecule has 1 aliphatic rings. The lowest BCUT2D eigenvalue weighted by molar-refractivity contribution is -0.146. The number of rotatable bonds is 10. The van der Waals surface area contributed by atoms with Gasteiger partial charge in [-0.3, -0.25) is 14.6 Å². The van der Waals surface area contributed by atoms with Crippen LogP contribution in [0.1, 0.15) is 50.5 Å². The van der Waals surface area contributed by atoms with E-state index >= 15 is 0 Å². The van der Waals surface area contributed by atoms with Crippen LogP contribution >= 0.6 is 0 Å². The predicted molar refractivity (Wildman–Crippen MR) is 116 cm³/mol. The summed E-state index contributed by atoms with van der Waals surface area (Å²) in [6.45, 7) is 0.642. The van der Waals surface area contributed by atoms with Crippen molar-refractivity contribution in [3.8, 4) is 0 Å². The van der Waals surface area contributed by atoms with Crippen molar-refractivity contribution in [3.05, 3.63) is 35.9 Å². The molecule has 1 aliphatic carbocycles. The number of carbonyl (C=O) groups is 2. The maximum atomic E-state index is 13.2. The molecule has 2 amide bonds. The zero-order valence-corrected chi connectivity index (χ0v) is 17.2. The van der Waals surface area contributed by atoms with E-state index < -0.39 is 24.4 Å². The Morgan fingerprint density at radius 3 is 2.37 bits per heavy atom. The monoisotopic (exact) mass is 417 g/mol. The van der Waals surface area contributed by atoms with Crippen molar-refractivity contribution >= 4 is 24.9 Å². The van der Waals surface area contributed by atoms with E-state index in [1.54, 1.807) is 0 Å². The van der Waals surface area contributed by atoms with Gasteiger partial charge in [-0.1, -0.05) is 49.6 Å². The summed E-state index contributed by atoms with van der Waals surface area (Å²) < 4.78 is 0. The summed E-state index contributed by atoms with van der Waals surface area (Å²) in [6.07, 6.45) is 4.08. The van der Waals surface area contributed by atoms with Gasteiger partial charge in [0.25, 0.3) is 0 Å². The lowest BCUT2D eigenvalue weighted by Crippen LogP contribution is -2.57. The second kappa shape index (κ2) is 11.6. The first-order chi connectivity index (χ1) is 14.3. The largest absolute Gasteiger partial charge is 0.475 e. The summed E-state index contributed by atoms with van der Waals surface area (Å²) >= 11 is 0. The minimum atomic E-state index is -1.75. The van der Waals surface area contributed by atoms with Crippen molar-refractivity contribution in [1.29, 1.82) is 0 Å². The summed E-state index contributed by atoms with van der Waals surface area (Å²) in [7, 11) is -1.75. The van der Waals surface area contributed by atoms with Crippen molar-refractivity contribution in [2.45, 2.75) is 57.4 Å². The molecule has 0 heterocycles. The number of hydrogen-bond acceptors (Lipinski definition) is 5. The van der Waals surface area contributed by atoms with Crippen molar-refractivity contribution < 1.29 is 19.6 Å². The van der Waals surface area contributed by atoms with Gasteiger partial charge in [0.2, 0.25) is 11.8 Å². The fourth-order valence-corrected chi connectivity index (χ4v) is 3.78. The highest BCUT2D eigenvalue weighted by molar-refractivity contribution is 6.43. The molecule has 10 heteroatoms. The van der Waals surface area contributed by atoms with Gasteiger partial charge in [-0.05, 0) is 31.2 Å². The third-order valence-electron chi connectivity index (χ3n) is 5.52. The van der Waals surface area contributed by atoms with Gasteiger partial charge in [0.15, 0.2) is 5.96 Å². The van der Waals surface area contributed by atoms with E-state index in [2.05, 4.69) is 15.6 Å². The van der Waals surface area contributed by atoms with E-state index in [0.29, 0.717) is 32.4 Å². The number of nitrogens with zero attached hydrogens (tertiary/aromatic N) is 1. The molecule has 9 nitrogen and oxygen atoms in total. The van der Waals surface area contributed by atoms with Crippen molar-refractivity contribution in [1.82, 2.24) is 10.6 Å². The second-order valence-corrected chi connectivity index (χ2v) is 7.75. The average Bonchev–Trinajstić information content (AvgIpc) is 2.74. The fraction of sp³-hybridized carbons (Fsp3) is 0.550. The Kier molecular flexibility index (Phi) is 9.13. The molecule has 0 saturated heterocycles. The van der Waals surface area contributed by atoms with Crippen LogP contribution in [0.5, 0.6) is 0 Å². The maximum absolute atomic E-state index is 13.2. The highest BCUT2D eigenvalue weighted by atomic mass is 16.4. The van der Waals surface area contributed by atoms with Crippen LogP contribution in [-0.2, 0) is 16.1 Å². The molecule has 0 aliphatic heterocycles. The highest BCUT2D eigenvalue weighted by Gasteiger charge is 2.47. The van der Waals surface area contributed by atoms with Crippen molar-refractivity contribution in [2.75, 3.05) is 6.54 Å². The molecule has 2 rings (SSSR count). The Morgan fingerprint density at radius 2 is 1.77 bits per heavy atom. The van der Waals surface area contributed by atoms with E-state index in [0.717, 1.165) is 24.8 Å². The minimum absolute atomic E-state index is 0.0450. The third kappa shape index (κ3) is 6.74. The molecule has 0 radical (unpaired) electrons. The lowest BCUT2D eigenvalue weighted by atomic mass is 9.70. The SMILES string of the molecule is NC(N)=NCCCC(NC(=O)C1(C(=O)NCc2ccccc2)CCCCC1)B(O)O. The smallest absolute Gasteiger partial charge is 0.426 e. The summed E-state index contributed by atoms with van der Waals surface area (Å²) in [5, 5.41) is 25.0. The number of nitrogens with one attached hydrogen (secondary N) is 2. The van der Waals surface area contributed by atoms with Crippen molar-refractivity contribution in [2.24, 2.45) is 21.9 Å². The quantitative estimate of drug-likeness (QED) is 0.102. The second-order valence-electron chi connectivity index (χ2n) is 7.75. The predicted octanol–water partition coefficient (Wildman–Crippen LogP) is -0.196. The number of nitrogens with two attached hydrogens (primary N) is 2. The number of benzene rings is 1. The maximum Gasteiger partial charge on any atom is 0.475 e. The zero-order chi connectivity index (χ0) is 22.0. The van der Waals surface area contributed by atoms with Gasteiger partial charge in [0.05, 0.1) is 5.94 Å². The molecule has 0 bridgehead atoms. The fourth-order valence-electron chi connectivity index (χ4n) is 3.78. The van der Waals surface area contributed by atoms with Crippen LogP contribution in [0.3, 0.4) is 0 Å². The summed E-state index contributed by atoms with van der Waals surface area (Å²) in [6, 6.07) is 9.49. The molecular weight excluding hydrogens is 385 g/mol. The normalized spacial score (nSPS) is 16.2. The Balaban J connectivity index is 2.04. The van der Waals surface area contributed by atoms with Crippen LogP contribution in [0.15, 0.2) is 35.3 Å². The number of hydrogen-bond donors (Lipinski definition) is 6. The van der Waals surface area contributed by atoms with Crippen LogP contribution in [0, 0.1) is 5.41 Å². The Morgan fingerprint density at radius 1 is 1.10 bits per heavy atom. The summed E-state index contributed by atoms with van der Waals surface area (Å²) in [5.74, 6) is -1.74. The van der Waals surface area contributed by atoms with E-state index in [4.69, 9.17) is 11.5 Å². The average molecular weight is 417 g/mol. The Hall–Kier alpha value is -2.59. The van der Waals surface area contributed by atoms with Crippen LogP contribution in [0.2, 0.25) is 0 Å². The molecule has 30 heavy (non-hydrogen) atoms. The minimum Gasteiger partial charge on any atom is -0.426 e. The van der Waals surface area contributed by atoms with Gasteiger partial charge in [-0.2, -0.15) is 0 Å². The van der Waals surface area contributed by atoms with Gasteiger partial charge in [0, 0.05) is 13.1 Å². The molecule has 1 aromatic carbocycles. The summed E-state index contributed by atoms with van der Waals surface area (Å²) in [5.41, 5.74) is 10.3. The first-order valence-electron chi connectivity index (χ1n) is 10.4. The van der Waals surface area contributed by atoms with E-state index in [9.17, 15) is 19.6 Å². The van der Waals surface area contributed by atoms with Gasteiger partial charge in [-0.25, -0.2) is 0 Å². The van der Waals surface area contributed by atoms with Crippen LogP contribution in [0.4, 0.5) is 0 Å². The highest BCUT2D eigenvalue weighted by Crippen LogP contribution is 2.37. The molecule has 0 aromatic heterocycles. The molecule has 1 atom stereocenters. The molecule has 164 valence electrons. The van der Waals surface area contributed by atoms with Gasteiger partial charge < -0.3 is 32.1 Å². The zero-order valence-electron chi connectivity index (χ0n) is 17.2. The van der Waals surface area contributed by atoms with Crippen LogP contribution in [0.25, 0.3) is 0 Å². The lowest BCUT2D eigenvalue weighted by Gasteiger charge is -2.35. The molecule has 1 aromatic rings. The number of amides is 2. The van der Waals surface area contributed by atoms with Gasteiger partial charge >= 0.3 is 7.12 Å². The number of carbonyl (C=O) groups excluding carboxylic acids is 2. The summed E-state index contributed by atoms with van der Waals surface area (Å²) in [4.78, 5) is 30.1. The Bertz CT molecular complexity index is 719.